The van der Waals surface area contributed by atoms with Gasteiger partial charge >= 0.3 is 6.18 Å². The lowest BCUT2D eigenvalue weighted by Gasteiger charge is -2.31. The molecule has 1 aliphatic carbocycles. The predicted octanol–water partition coefficient (Wildman–Crippen LogP) is 5.36. The first-order valence-electron chi connectivity index (χ1n) is 11.2. The number of anilines is 1. The van der Waals surface area contributed by atoms with Crippen molar-refractivity contribution in [3.63, 3.8) is 0 Å². The number of fused-ring (bicyclic) bond motifs is 2. The molecule has 2 atom stereocenters. The van der Waals surface area contributed by atoms with Crippen molar-refractivity contribution in [3.8, 4) is 0 Å². The number of imidazole rings is 1. The van der Waals surface area contributed by atoms with Crippen LogP contribution in [0.2, 0.25) is 0 Å². The van der Waals surface area contributed by atoms with Crippen molar-refractivity contribution < 1.29 is 18.0 Å². The van der Waals surface area contributed by atoms with Crippen LogP contribution in [0.15, 0.2) is 55.0 Å². The number of hydrogen-bond acceptors (Lipinski definition) is 4. The van der Waals surface area contributed by atoms with Gasteiger partial charge in [-0.3, -0.25) is 4.79 Å². The highest BCUT2D eigenvalue weighted by Crippen LogP contribution is 2.34. The van der Waals surface area contributed by atoms with Gasteiger partial charge in [0.25, 0.3) is 5.91 Å². The molecule has 4 aromatic rings. The zero-order valence-corrected chi connectivity index (χ0v) is 18.6. The smallest absolute Gasteiger partial charge is 0.382 e. The van der Waals surface area contributed by atoms with Crippen molar-refractivity contribution >= 4 is 28.1 Å². The number of rotatable bonds is 4. The molecule has 1 aliphatic rings. The van der Waals surface area contributed by atoms with Crippen LogP contribution in [0.25, 0.3) is 16.6 Å². The summed E-state index contributed by atoms with van der Waals surface area (Å²) in [5, 5.41) is 7.07. The van der Waals surface area contributed by atoms with Crippen LogP contribution in [0.1, 0.15) is 47.3 Å². The number of alkyl halides is 3. The molecule has 9 heteroatoms. The molecule has 3 aromatic heterocycles. The second-order valence-electron chi connectivity index (χ2n) is 8.86. The topological polar surface area (TPSA) is 71.3 Å². The Morgan fingerprint density at radius 1 is 1.12 bits per heavy atom. The number of pyridine rings is 2. The summed E-state index contributed by atoms with van der Waals surface area (Å²) in [7, 11) is 0. The molecule has 2 N–H and O–H groups in total. The minimum atomic E-state index is -4.53. The highest BCUT2D eigenvalue weighted by atomic mass is 19.4. The van der Waals surface area contributed by atoms with E-state index in [1.165, 1.54) is 0 Å². The van der Waals surface area contributed by atoms with Crippen LogP contribution in [0.3, 0.4) is 0 Å². The third-order valence-corrected chi connectivity index (χ3v) is 6.27. The monoisotopic (exact) mass is 467 g/mol. The lowest BCUT2D eigenvalue weighted by Crippen LogP contribution is -2.41. The number of nitrogens with zero attached hydrogens (tertiary/aromatic N) is 3. The molecule has 0 saturated heterocycles. The molecule has 0 spiro atoms. The van der Waals surface area contributed by atoms with E-state index in [1.54, 1.807) is 47.3 Å². The molecule has 0 radical (unpaired) electrons. The Hall–Kier alpha value is -3.62. The SMILES string of the molecule is Cc1ccc2nc(C(F)(F)F)cc(N[C@H]3CCC[C@@H](NC(=O)c4ccc5nccn5c4)C3)c2c1. The van der Waals surface area contributed by atoms with Crippen LogP contribution in [-0.4, -0.2) is 32.4 Å². The number of benzene rings is 1. The maximum absolute atomic E-state index is 13.5. The third kappa shape index (κ3) is 4.55. The average Bonchev–Trinajstić information content (AvgIpc) is 3.27. The highest BCUT2D eigenvalue weighted by Gasteiger charge is 2.34. The van der Waals surface area contributed by atoms with Gasteiger partial charge in [0.2, 0.25) is 0 Å². The average molecular weight is 467 g/mol. The Bertz CT molecular complexity index is 1360. The lowest BCUT2D eigenvalue weighted by atomic mass is 9.90. The number of amides is 1. The number of hydrogen-bond donors (Lipinski definition) is 2. The number of carbonyl (C=O) groups excluding carboxylic acids is 1. The zero-order valence-electron chi connectivity index (χ0n) is 18.6. The number of halogens is 3. The fourth-order valence-corrected chi connectivity index (χ4v) is 4.60. The first kappa shape index (κ1) is 22.2. The van der Waals surface area contributed by atoms with Gasteiger partial charge in [0.1, 0.15) is 11.3 Å². The second kappa shape index (κ2) is 8.62. The summed E-state index contributed by atoms with van der Waals surface area (Å²) in [5.41, 5.74) is 2.05. The van der Waals surface area contributed by atoms with Gasteiger partial charge in [-0.05, 0) is 62.9 Å². The van der Waals surface area contributed by atoms with Gasteiger partial charge in [-0.25, -0.2) is 9.97 Å². The molecule has 34 heavy (non-hydrogen) atoms. The Balaban J connectivity index is 1.34. The maximum Gasteiger partial charge on any atom is 0.433 e. The van der Waals surface area contributed by atoms with Gasteiger partial charge in [0, 0.05) is 41.7 Å². The van der Waals surface area contributed by atoms with E-state index in [4.69, 9.17) is 0 Å². The van der Waals surface area contributed by atoms with Crippen LogP contribution < -0.4 is 10.6 Å². The number of aromatic nitrogens is 3. The minimum Gasteiger partial charge on any atom is -0.382 e. The summed E-state index contributed by atoms with van der Waals surface area (Å²) < 4.78 is 42.1. The molecule has 0 aliphatic heterocycles. The normalized spacial score (nSPS) is 18.8. The van der Waals surface area contributed by atoms with Gasteiger partial charge in [0.05, 0.1) is 11.1 Å². The van der Waals surface area contributed by atoms with Gasteiger partial charge in [-0.15, -0.1) is 0 Å². The highest BCUT2D eigenvalue weighted by molar-refractivity contribution is 5.94. The summed E-state index contributed by atoms with van der Waals surface area (Å²) in [5.74, 6) is -0.175. The van der Waals surface area contributed by atoms with E-state index in [0.29, 0.717) is 28.6 Å². The van der Waals surface area contributed by atoms with Crippen molar-refractivity contribution in [2.24, 2.45) is 0 Å². The molecule has 0 unspecified atom stereocenters. The van der Waals surface area contributed by atoms with E-state index in [1.807, 2.05) is 13.0 Å². The van der Waals surface area contributed by atoms with E-state index in [0.717, 1.165) is 36.5 Å². The molecule has 0 bridgehead atoms. The van der Waals surface area contributed by atoms with Crippen molar-refractivity contribution in [1.29, 1.82) is 0 Å². The van der Waals surface area contributed by atoms with Gasteiger partial charge < -0.3 is 15.0 Å². The lowest BCUT2D eigenvalue weighted by molar-refractivity contribution is -0.140. The Morgan fingerprint density at radius 3 is 2.76 bits per heavy atom. The minimum absolute atomic E-state index is 0.0672. The molecule has 1 saturated carbocycles. The van der Waals surface area contributed by atoms with E-state index in [-0.39, 0.29) is 18.0 Å². The molecule has 1 fully saturated rings. The van der Waals surface area contributed by atoms with E-state index in [2.05, 4.69) is 20.6 Å². The molecular formula is C25H24F3N5O. The quantitative estimate of drug-likeness (QED) is 0.424. The summed E-state index contributed by atoms with van der Waals surface area (Å²) in [6.45, 7) is 1.90. The van der Waals surface area contributed by atoms with Gasteiger partial charge in [-0.1, -0.05) is 11.6 Å². The molecule has 3 heterocycles. The number of nitrogens with one attached hydrogen (secondary N) is 2. The summed E-state index contributed by atoms with van der Waals surface area (Å²) in [6.07, 6.45) is 3.76. The van der Waals surface area contributed by atoms with E-state index < -0.39 is 11.9 Å². The molecular weight excluding hydrogens is 443 g/mol. The summed E-state index contributed by atoms with van der Waals surface area (Å²) in [6, 6.07) is 9.69. The molecule has 1 amide bonds. The van der Waals surface area contributed by atoms with Gasteiger partial charge in [0.15, 0.2) is 0 Å². The van der Waals surface area contributed by atoms with Crippen molar-refractivity contribution in [2.45, 2.75) is 50.9 Å². The van der Waals surface area contributed by atoms with Crippen LogP contribution in [-0.2, 0) is 6.18 Å². The maximum atomic E-state index is 13.5. The standard InChI is InChI=1S/C25H24F3N5O/c1-15-5-7-20-19(11-15)21(13-22(32-20)25(26,27)28)30-17-3-2-4-18(12-17)31-24(34)16-6-8-23-29-9-10-33(23)14-16/h5-11,13-14,17-18H,2-4,12H2,1H3,(H,30,32)(H,31,34)/t17-,18+/m0/s1. The zero-order chi connectivity index (χ0) is 23.9. The molecule has 176 valence electrons. The number of carbonyl (C=O) groups is 1. The van der Waals surface area contributed by atoms with Crippen molar-refractivity contribution in [2.75, 3.05) is 5.32 Å². The Labute approximate surface area is 194 Å². The predicted molar refractivity (Wildman–Crippen MR) is 124 cm³/mol. The summed E-state index contributed by atoms with van der Waals surface area (Å²) >= 11 is 0. The van der Waals surface area contributed by atoms with Crippen LogP contribution in [0, 0.1) is 6.92 Å². The largest absolute Gasteiger partial charge is 0.433 e. The van der Waals surface area contributed by atoms with Crippen LogP contribution in [0.5, 0.6) is 0 Å². The van der Waals surface area contributed by atoms with E-state index >= 15 is 0 Å². The fraction of sp³-hybridized carbons (Fsp3) is 0.320. The second-order valence-corrected chi connectivity index (χ2v) is 8.86. The Morgan fingerprint density at radius 2 is 1.94 bits per heavy atom. The first-order chi connectivity index (χ1) is 16.3. The molecule has 6 nitrogen and oxygen atoms in total. The van der Waals surface area contributed by atoms with Gasteiger partial charge in [-0.2, -0.15) is 13.2 Å². The van der Waals surface area contributed by atoms with E-state index in [9.17, 15) is 18.0 Å². The van der Waals surface area contributed by atoms with Crippen LogP contribution >= 0.6 is 0 Å². The third-order valence-electron chi connectivity index (χ3n) is 6.27. The Kier molecular flexibility index (Phi) is 5.63. The van der Waals surface area contributed by atoms with Crippen LogP contribution in [0.4, 0.5) is 18.9 Å². The number of aryl methyl sites for hydroxylation is 1. The van der Waals surface area contributed by atoms with Crippen molar-refractivity contribution in [1.82, 2.24) is 19.7 Å². The first-order valence-corrected chi connectivity index (χ1v) is 11.2. The molecule has 1 aromatic carbocycles. The fourth-order valence-electron chi connectivity index (χ4n) is 4.60. The molecule has 5 rings (SSSR count). The van der Waals surface area contributed by atoms with Crippen molar-refractivity contribution in [3.05, 3.63) is 71.8 Å². The summed E-state index contributed by atoms with van der Waals surface area (Å²) in [4.78, 5) is 20.8.